The van der Waals surface area contributed by atoms with Crippen LogP contribution >= 0.6 is 0 Å². The highest BCUT2D eigenvalue weighted by Crippen LogP contribution is 2.23. The molecule has 0 spiro atoms. The molecule has 134 valence electrons. The normalized spacial score (nSPS) is 17.4. The number of hydrogen-bond donors (Lipinski definition) is 1. The highest BCUT2D eigenvalue weighted by molar-refractivity contribution is 7.89. The fourth-order valence-corrected chi connectivity index (χ4v) is 4.47. The zero-order valence-corrected chi connectivity index (χ0v) is 15.6. The highest BCUT2D eigenvalue weighted by atomic mass is 32.2. The Labute approximate surface area is 144 Å². The van der Waals surface area contributed by atoms with E-state index >= 15 is 0 Å². The molecular weight excluding hydrogens is 326 g/mol. The fourth-order valence-electron chi connectivity index (χ4n) is 3.05. The first-order valence-electron chi connectivity index (χ1n) is 8.31. The first kappa shape index (κ1) is 18.9. The molecule has 0 bridgehead atoms. The van der Waals surface area contributed by atoms with Gasteiger partial charge in [-0.1, -0.05) is 0 Å². The minimum Gasteiger partial charge on any atom is -0.355 e. The molecule has 1 aromatic rings. The number of amides is 1. The van der Waals surface area contributed by atoms with Crippen molar-refractivity contribution in [1.82, 2.24) is 14.5 Å². The third-order valence-electron chi connectivity index (χ3n) is 4.76. The molecule has 1 aliphatic rings. The second-order valence-electron chi connectivity index (χ2n) is 6.49. The van der Waals surface area contributed by atoms with E-state index in [1.807, 2.05) is 0 Å². The van der Waals surface area contributed by atoms with E-state index in [2.05, 4.69) is 24.1 Å². The van der Waals surface area contributed by atoms with E-state index in [0.717, 1.165) is 25.9 Å². The molecule has 1 saturated heterocycles. The van der Waals surface area contributed by atoms with Gasteiger partial charge in [-0.2, -0.15) is 4.31 Å². The van der Waals surface area contributed by atoms with Crippen LogP contribution in [0.1, 0.15) is 37.0 Å². The molecule has 24 heavy (non-hydrogen) atoms. The number of nitrogens with one attached hydrogen (secondary N) is 1. The van der Waals surface area contributed by atoms with Crippen molar-refractivity contribution in [3.63, 3.8) is 0 Å². The van der Waals surface area contributed by atoms with Gasteiger partial charge in [-0.25, -0.2) is 8.42 Å². The number of carbonyl (C=O) groups is 1. The van der Waals surface area contributed by atoms with Gasteiger partial charge >= 0.3 is 0 Å². The molecule has 1 aromatic carbocycles. The number of likely N-dealkylation sites (tertiary alicyclic amines) is 1. The van der Waals surface area contributed by atoms with E-state index in [1.165, 1.54) is 16.4 Å². The zero-order chi connectivity index (χ0) is 17.9. The topological polar surface area (TPSA) is 69.7 Å². The Hall–Kier alpha value is -1.44. The maximum Gasteiger partial charge on any atom is 0.251 e. The zero-order valence-electron chi connectivity index (χ0n) is 14.8. The van der Waals surface area contributed by atoms with Gasteiger partial charge in [0.15, 0.2) is 0 Å². The van der Waals surface area contributed by atoms with Gasteiger partial charge in [0.1, 0.15) is 0 Å². The van der Waals surface area contributed by atoms with Crippen LogP contribution in [0, 0.1) is 0 Å². The minimum atomic E-state index is -3.54. The Morgan fingerprint density at radius 3 is 2.21 bits per heavy atom. The molecule has 1 heterocycles. The van der Waals surface area contributed by atoms with Crippen LogP contribution < -0.4 is 5.32 Å². The monoisotopic (exact) mass is 353 g/mol. The summed E-state index contributed by atoms with van der Waals surface area (Å²) in [6, 6.07) is 6.59. The SMILES string of the molecule is CNC(=O)c1ccc(S(=O)(=O)N(C)C2CCN(C(C)C)CC2)cc1. The molecule has 1 aliphatic heterocycles. The smallest absolute Gasteiger partial charge is 0.251 e. The minimum absolute atomic E-state index is 0.0172. The van der Waals surface area contributed by atoms with E-state index in [9.17, 15) is 13.2 Å². The van der Waals surface area contributed by atoms with Crippen molar-refractivity contribution in [3.05, 3.63) is 29.8 Å². The molecular formula is C17H27N3O3S. The average Bonchev–Trinajstić information content (AvgIpc) is 2.60. The number of benzene rings is 1. The number of sulfonamides is 1. The lowest BCUT2D eigenvalue weighted by Gasteiger charge is -2.37. The van der Waals surface area contributed by atoms with Gasteiger partial charge in [-0.15, -0.1) is 0 Å². The second-order valence-corrected chi connectivity index (χ2v) is 8.48. The van der Waals surface area contributed by atoms with E-state index in [0.29, 0.717) is 11.6 Å². The summed E-state index contributed by atoms with van der Waals surface area (Å²) < 4.78 is 27.1. The summed E-state index contributed by atoms with van der Waals surface area (Å²) in [5.74, 6) is -0.228. The molecule has 1 fully saturated rings. The molecule has 6 nitrogen and oxygen atoms in total. The third kappa shape index (κ3) is 3.96. The number of carbonyl (C=O) groups excluding carboxylic acids is 1. The van der Waals surface area contributed by atoms with Crippen LogP contribution in [0.15, 0.2) is 29.2 Å². The highest BCUT2D eigenvalue weighted by Gasteiger charge is 2.31. The van der Waals surface area contributed by atoms with Gasteiger partial charge in [0, 0.05) is 31.7 Å². The molecule has 0 unspecified atom stereocenters. The maximum absolute atomic E-state index is 12.8. The van der Waals surface area contributed by atoms with Crippen molar-refractivity contribution in [2.24, 2.45) is 0 Å². The number of piperidine rings is 1. The summed E-state index contributed by atoms with van der Waals surface area (Å²) in [5, 5.41) is 2.52. The van der Waals surface area contributed by atoms with Crippen molar-refractivity contribution in [3.8, 4) is 0 Å². The van der Waals surface area contributed by atoms with Crippen LogP contribution in [0.25, 0.3) is 0 Å². The lowest BCUT2D eigenvalue weighted by molar-refractivity contribution is 0.0963. The second kappa shape index (κ2) is 7.63. The lowest BCUT2D eigenvalue weighted by Crippen LogP contribution is -2.47. The summed E-state index contributed by atoms with van der Waals surface area (Å²) in [6.07, 6.45) is 1.68. The van der Waals surface area contributed by atoms with Crippen LogP contribution in [-0.4, -0.2) is 62.8 Å². The maximum atomic E-state index is 12.8. The Morgan fingerprint density at radius 2 is 1.75 bits per heavy atom. The first-order valence-corrected chi connectivity index (χ1v) is 9.75. The summed E-state index contributed by atoms with van der Waals surface area (Å²) in [4.78, 5) is 14.2. The molecule has 0 aromatic heterocycles. The Balaban J connectivity index is 2.11. The van der Waals surface area contributed by atoms with Gasteiger partial charge in [0.2, 0.25) is 10.0 Å². The standard InChI is InChI=1S/C17H27N3O3S/c1-13(2)20-11-9-15(10-12-20)19(4)24(22,23)16-7-5-14(6-8-16)17(21)18-3/h5-8,13,15H,9-12H2,1-4H3,(H,18,21). The van der Waals surface area contributed by atoms with E-state index in [-0.39, 0.29) is 16.8 Å². The summed E-state index contributed by atoms with van der Waals surface area (Å²) in [6.45, 7) is 6.15. The van der Waals surface area contributed by atoms with Crippen molar-refractivity contribution in [2.75, 3.05) is 27.2 Å². The van der Waals surface area contributed by atoms with Gasteiger partial charge in [-0.05, 0) is 64.0 Å². The predicted molar refractivity (Wildman–Crippen MR) is 94.5 cm³/mol. The van der Waals surface area contributed by atoms with Gasteiger partial charge in [0.25, 0.3) is 5.91 Å². The van der Waals surface area contributed by atoms with Crippen molar-refractivity contribution < 1.29 is 13.2 Å². The van der Waals surface area contributed by atoms with Gasteiger partial charge in [-0.3, -0.25) is 4.79 Å². The number of hydrogen-bond acceptors (Lipinski definition) is 4. The van der Waals surface area contributed by atoms with E-state index in [4.69, 9.17) is 0 Å². The quantitative estimate of drug-likeness (QED) is 0.872. The molecule has 0 aliphatic carbocycles. The van der Waals surface area contributed by atoms with Crippen molar-refractivity contribution in [2.45, 2.75) is 43.7 Å². The van der Waals surface area contributed by atoms with E-state index < -0.39 is 10.0 Å². The molecule has 7 heteroatoms. The Bertz CT molecular complexity index is 663. The van der Waals surface area contributed by atoms with Crippen molar-refractivity contribution >= 4 is 15.9 Å². The number of nitrogens with zero attached hydrogens (tertiary/aromatic N) is 2. The van der Waals surface area contributed by atoms with Crippen LogP contribution in [-0.2, 0) is 10.0 Å². The van der Waals surface area contributed by atoms with Gasteiger partial charge < -0.3 is 10.2 Å². The Kier molecular flexibility index (Phi) is 6.01. The summed E-state index contributed by atoms with van der Waals surface area (Å²) in [7, 11) is -0.346. The van der Waals surface area contributed by atoms with E-state index in [1.54, 1.807) is 26.2 Å². The fraction of sp³-hybridized carbons (Fsp3) is 0.588. The molecule has 0 atom stereocenters. The van der Waals surface area contributed by atoms with Gasteiger partial charge in [0.05, 0.1) is 4.90 Å². The predicted octanol–water partition coefficient (Wildman–Crippen LogP) is 1.54. The van der Waals surface area contributed by atoms with Crippen LogP contribution in [0.3, 0.4) is 0 Å². The molecule has 2 rings (SSSR count). The summed E-state index contributed by atoms with van der Waals surface area (Å²) in [5.41, 5.74) is 0.448. The average molecular weight is 353 g/mol. The molecule has 0 radical (unpaired) electrons. The first-order chi connectivity index (χ1) is 11.3. The Morgan fingerprint density at radius 1 is 1.21 bits per heavy atom. The molecule has 1 N–H and O–H groups in total. The van der Waals surface area contributed by atoms with Crippen LogP contribution in [0.5, 0.6) is 0 Å². The van der Waals surface area contributed by atoms with Crippen LogP contribution in [0.4, 0.5) is 0 Å². The van der Waals surface area contributed by atoms with Crippen molar-refractivity contribution in [1.29, 1.82) is 0 Å². The molecule has 1 amide bonds. The number of rotatable bonds is 5. The largest absolute Gasteiger partial charge is 0.355 e. The lowest BCUT2D eigenvalue weighted by atomic mass is 10.0. The summed E-state index contributed by atoms with van der Waals surface area (Å²) >= 11 is 0. The van der Waals surface area contributed by atoms with Crippen LogP contribution in [0.2, 0.25) is 0 Å². The third-order valence-corrected chi connectivity index (χ3v) is 6.69. The molecule has 0 saturated carbocycles.